The van der Waals surface area contributed by atoms with Crippen molar-refractivity contribution in [1.29, 1.82) is 0 Å². The molecule has 0 bridgehead atoms. The minimum atomic E-state index is -4.63. The zero-order valence-electron chi connectivity index (χ0n) is 25.9. The second-order valence-electron chi connectivity index (χ2n) is 12.3. The first kappa shape index (κ1) is 31.1. The van der Waals surface area contributed by atoms with Crippen LogP contribution in [0.25, 0.3) is 5.57 Å². The number of alkyl halides is 3. The van der Waals surface area contributed by atoms with Crippen molar-refractivity contribution in [1.82, 2.24) is 24.5 Å². The van der Waals surface area contributed by atoms with E-state index in [0.717, 1.165) is 34.2 Å². The van der Waals surface area contributed by atoms with Gasteiger partial charge in [-0.15, -0.1) is 0 Å². The van der Waals surface area contributed by atoms with Crippen LogP contribution in [-0.2, 0) is 24.4 Å². The second kappa shape index (κ2) is 11.6. The van der Waals surface area contributed by atoms with Crippen LogP contribution in [0.2, 0.25) is 0 Å². The maximum Gasteiger partial charge on any atom is 0.417 e. The minimum Gasteiger partial charge on any atom is -0.334 e. The molecule has 5 heterocycles. The number of aryl methyl sites for hydroxylation is 1. The van der Waals surface area contributed by atoms with Gasteiger partial charge < -0.3 is 4.90 Å². The molecule has 9 nitrogen and oxygen atoms in total. The lowest BCUT2D eigenvalue weighted by atomic mass is 9.84. The number of halogens is 4. The highest BCUT2D eigenvalue weighted by molar-refractivity contribution is 9.10. The van der Waals surface area contributed by atoms with Crippen LogP contribution in [-0.4, -0.2) is 55.1 Å². The second-order valence-corrected chi connectivity index (χ2v) is 13.1. The van der Waals surface area contributed by atoms with Gasteiger partial charge in [0.1, 0.15) is 5.82 Å². The van der Waals surface area contributed by atoms with Crippen LogP contribution in [0, 0.1) is 5.92 Å². The van der Waals surface area contributed by atoms with Crippen LogP contribution in [0.4, 0.5) is 24.8 Å². The number of aromatic nitrogens is 4. The van der Waals surface area contributed by atoms with E-state index in [2.05, 4.69) is 20.9 Å². The van der Waals surface area contributed by atoms with Crippen molar-refractivity contribution in [3.8, 4) is 0 Å². The van der Waals surface area contributed by atoms with Crippen molar-refractivity contribution in [3.05, 3.63) is 98.9 Å². The fourth-order valence-corrected chi connectivity index (χ4v) is 7.42. The number of carbonyl (C=O) groups excluding carboxylic acids is 2. The Morgan fingerprint density at radius 2 is 1.87 bits per heavy atom. The summed E-state index contributed by atoms with van der Waals surface area (Å²) in [7, 11) is 1.84. The first-order valence-electron chi connectivity index (χ1n) is 15.3. The predicted octanol–water partition coefficient (Wildman–Crippen LogP) is 6.96. The Balaban J connectivity index is 1.29. The number of anilines is 2. The Hall–Kier alpha value is -4.52. The molecule has 3 aliphatic rings. The zero-order valence-corrected chi connectivity index (χ0v) is 27.5. The van der Waals surface area contributed by atoms with E-state index in [0.29, 0.717) is 30.9 Å². The Bertz CT molecular complexity index is 1960. The zero-order chi connectivity index (χ0) is 33.2. The molecule has 13 heteroatoms. The van der Waals surface area contributed by atoms with Gasteiger partial charge in [0.25, 0.3) is 5.91 Å². The molecular formula is C34H31BrF3N7O2. The summed E-state index contributed by atoms with van der Waals surface area (Å²) in [4.78, 5) is 36.0. The molecule has 2 amide bonds. The first-order chi connectivity index (χ1) is 22.4. The number of likely N-dealkylation sites (tertiary alicyclic amines) is 1. The Morgan fingerprint density at radius 1 is 1.11 bits per heavy atom. The van der Waals surface area contributed by atoms with E-state index < -0.39 is 35.6 Å². The van der Waals surface area contributed by atoms with Gasteiger partial charge in [-0.25, -0.2) is 9.58 Å². The molecule has 3 aliphatic heterocycles. The van der Waals surface area contributed by atoms with E-state index >= 15 is 0 Å². The standard InChI is InChI=1S/C34H31BrF3N7O2/c1-19-13-25-29(18-43(19)32(46)22-9-10-27(35)26(15-22)34(36,37)38)45-31(23(17-40-45)14-21-7-5-4-6-8-21)44(33(25)47)30-16-28(42(3)41-30)24-11-12-39-20(24)2/h4-10,12,15-17,19,25,29H,11,13-14,18H2,1-3H3/t19-,25?,29?/m0/s1. The lowest BCUT2D eigenvalue weighted by Crippen LogP contribution is -2.56. The molecule has 1 saturated heterocycles. The number of piperidine rings is 1. The van der Waals surface area contributed by atoms with Gasteiger partial charge in [0.2, 0.25) is 5.91 Å². The Labute approximate surface area is 277 Å². The van der Waals surface area contributed by atoms with E-state index in [1.807, 2.05) is 63.5 Å². The topological polar surface area (TPSA) is 88.6 Å². The molecule has 2 aromatic heterocycles. The largest absolute Gasteiger partial charge is 0.417 e. The fraction of sp³-hybridized carbons (Fsp3) is 0.324. The molecule has 0 spiro atoms. The van der Waals surface area contributed by atoms with Crippen LogP contribution in [0.1, 0.15) is 65.5 Å². The van der Waals surface area contributed by atoms with Gasteiger partial charge in [-0.05, 0) is 44.0 Å². The summed E-state index contributed by atoms with van der Waals surface area (Å²) in [6, 6.07) is 14.3. The number of hydrogen-bond donors (Lipinski definition) is 0. The molecule has 242 valence electrons. The highest BCUT2D eigenvalue weighted by atomic mass is 79.9. The van der Waals surface area contributed by atoms with Gasteiger partial charge in [0.05, 0.1) is 29.4 Å². The minimum absolute atomic E-state index is 0.0680. The van der Waals surface area contributed by atoms with Gasteiger partial charge in [-0.1, -0.05) is 46.3 Å². The van der Waals surface area contributed by atoms with Gasteiger partial charge in [-0.3, -0.25) is 19.3 Å². The molecule has 1 fully saturated rings. The van der Waals surface area contributed by atoms with Crippen molar-refractivity contribution in [2.45, 2.75) is 51.4 Å². The van der Waals surface area contributed by atoms with Crippen LogP contribution >= 0.6 is 15.9 Å². The summed E-state index contributed by atoms with van der Waals surface area (Å²) < 4.78 is 44.5. The Kier molecular flexibility index (Phi) is 7.69. The third kappa shape index (κ3) is 5.39. The number of fused-ring (bicyclic) bond motifs is 3. The molecule has 0 saturated carbocycles. The number of rotatable bonds is 5. The summed E-state index contributed by atoms with van der Waals surface area (Å²) in [5, 5.41) is 9.58. The fourth-order valence-electron chi connectivity index (χ4n) is 6.94. The van der Waals surface area contributed by atoms with Gasteiger partial charge >= 0.3 is 6.18 Å². The lowest BCUT2D eigenvalue weighted by Gasteiger charge is -2.46. The summed E-state index contributed by atoms with van der Waals surface area (Å²) in [6.45, 7) is 3.88. The summed E-state index contributed by atoms with van der Waals surface area (Å²) in [5.74, 6) is -0.183. The molecule has 47 heavy (non-hydrogen) atoms. The molecule has 0 radical (unpaired) electrons. The highest BCUT2D eigenvalue weighted by Crippen LogP contribution is 2.45. The first-order valence-corrected chi connectivity index (χ1v) is 16.1. The molecule has 0 N–H and O–H groups in total. The molecule has 2 aromatic carbocycles. The number of hydrogen-bond acceptors (Lipinski definition) is 5. The van der Waals surface area contributed by atoms with E-state index in [9.17, 15) is 22.8 Å². The van der Waals surface area contributed by atoms with Gasteiger partial charge in [0, 0.05) is 71.6 Å². The van der Waals surface area contributed by atoms with Crippen LogP contribution < -0.4 is 4.90 Å². The van der Waals surface area contributed by atoms with Crippen LogP contribution in [0.3, 0.4) is 0 Å². The maximum atomic E-state index is 14.6. The van der Waals surface area contributed by atoms with E-state index in [-0.39, 0.29) is 22.5 Å². The maximum absolute atomic E-state index is 14.6. The molecule has 3 atom stereocenters. The Morgan fingerprint density at radius 3 is 2.57 bits per heavy atom. The summed E-state index contributed by atoms with van der Waals surface area (Å²) in [5.41, 5.74) is 3.66. The number of aliphatic imine (C=N–C) groups is 1. The SMILES string of the molecule is CC1=C(c2cc(N3C(=O)C4C[C@H](C)N(C(=O)c5ccc(Br)c(C(F)(F)F)c5)CC4n4ncc(Cc5ccccc5)c43)nn2C)CC=N1. The van der Waals surface area contributed by atoms with Crippen molar-refractivity contribution in [3.63, 3.8) is 0 Å². The monoisotopic (exact) mass is 705 g/mol. The van der Waals surface area contributed by atoms with Crippen molar-refractivity contribution < 1.29 is 22.8 Å². The van der Waals surface area contributed by atoms with Crippen molar-refractivity contribution in [2.24, 2.45) is 18.0 Å². The van der Waals surface area contributed by atoms with E-state index in [1.165, 1.54) is 12.1 Å². The number of amides is 2. The van der Waals surface area contributed by atoms with Crippen molar-refractivity contribution in [2.75, 3.05) is 11.4 Å². The molecule has 2 unspecified atom stereocenters. The van der Waals surface area contributed by atoms with E-state index in [4.69, 9.17) is 10.2 Å². The quantitative estimate of drug-likeness (QED) is 0.225. The third-order valence-electron chi connectivity index (χ3n) is 9.32. The van der Waals surface area contributed by atoms with Gasteiger partial charge in [0.15, 0.2) is 5.82 Å². The van der Waals surface area contributed by atoms with Crippen LogP contribution in [0.15, 0.2) is 76.0 Å². The number of benzene rings is 2. The summed E-state index contributed by atoms with van der Waals surface area (Å²) in [6.07, 6.45) is 0.464. The molecule has 7 rings (SSSR count). The highest BCUT2D eigenvalue weighted by Gasteiger charge is 2.49. The number of carbonyl (C=O) groups is 2. The van der Waals surface area contributed by atoms with Crippen molar-refractivity contribution >= 4 is 51.2 Å². The van der Waals surface area contributed by atoms with E-state index in [1.54, 1.807) is 25.4 Å². The average molecular weight is 707 g/mol. The summed E-state index contributed by atoms with van der Waals surface area (Å²) >= 11 is 2.96. The smallest absolute Gasteiger partial charge is 0.334 e. The normalized spacial score (nSPS) is 21.0. The average Bonchev–Trinajstić information content (AvgIpc) is 3.75. The third-order valence-corrected chi connectivity index (χ3v) is 10.0. The predicted molar refractivity (Wildman–Crippen MR) is 174 cm³/mol. The van der Waals surface area contributed by atoms with Crippen LogP contribution in [0.5, 0.6) is 0 Å². The number of nitrogens with zero attached hydrogens (tertiary/aromatic N) is 7. The molecule has 4 aromatic rings. The lowest BCUT2D eigenvalue weighted by molar-refractivity contribution is -0.138. The molecular weight excluding hydrogens is 675 g/mol. The van der Waals surface area contributed by atoms with Gasteiger partial charge in [-0.2, -0.15) is 23.4 Å². The molecule has 0 aliphatic carbocycles. The number of allylic oxidation sites excluding steroid dienone is 2.